The minimum atomic E-state index is -0.773. The lowest BCUT2D eigenvalue weighted by molar-refractivity contribution is -0.138. The third-order valence-electron chi connectivity index (χ3n) is 4.03. The van der Waals surface area contributed by atoms with Crippen LogP contribution in [0.25, 0.3) is 11.2 Å². The maximum atomic E-state index is 11.2. The summed E-state index contributed by atoms with van der Waals surface area (Å²) in [5, 5.41) is 12.6. The maximum Gasteiger partial charge on any atom is 0.305 e. The Morgan fingerprint density at radius 3 is 2.71 bits per heavy atom. The Bertz CT molecular complexity index is 653. The predicted molar refractivity (Wildman–Crippen MR) is 79.0 cm³/mol. The van der Waals surface area contributed by atoms with Crippen molar-refractivity contribution in [3.63, 3.8) is 0 Å². The van der Waals surface area contributed by atoms with Crippen LogP contribution in [0.4, 0.5) is 5.82 Å². The van der Waals surface area contributed by atoms with Gasteiger partial charge in [-0.15, -0.1) is 0 Å². The van der Waals surface area contributed by atoms with Gasteiger partial charge in [0.1, 0.15) is 11.3 Å². The molecule has 0 aromatic carbocycles. The van der Waals surface area contributed by atoms with Crippen molar-refractivity contribution in [1.29, 1.82) is 0 Å². The fraction of sp³-hybridized carbons (Fsp3) is 0.467. The van der Waals surface area contributed by atoms with Crippen molar-refractivity contribution in [3.8, 4) is 0 Å². The molecule has 1 fully saturated rings. The largest absolute Gasteiger partial charge is 0.481 e. The molecule has 2 heterocycles. The molecular weight excluding hydrogens is 268 g/mol. The molecule has 2 aromatic heterocycles. The molecular formula is C15H18N4O2. The summed E-state index contributed by atoms with van der Waals surface area (Å²) in [5.41, 5.74) is 0.912. The average Bonchev–Trinajstić information content (AvgIpc) is 2.47. The van der Waals surface area contributed by atoms with Crippen LogP contribution in [-0.4, -0.2) is 31.6 Å². The van der Waals surface area contributed by atoms with Gasteiger partial charge in [-0.2, -0.15) is 0 Å². The summed E-state index contributed by atoms with van der Waals surface area (Å²) in [6.45, 7) is 0. The van der Waals surface area contributed by atoms with Crippen LogP contribution in [0.2, 0.25) is 0 Å². The molecule has 0 amide bonds. The molecule has 6 nitrogen and oxygen atoms in total. The average molecular weight is 286 g/mol. The number of fused-ring (bicyclic) bond motifs is 1. The molecule has 1 aliphatic carbocycles. The summed E-state index contributed by atoms with van der Waals surface area (Å²) >= 11 is 0. The van der Waals surface area contributed by atoms with Crippen molar-refractivity contribution < 1.29 is 9.90 Å². The van der Waals surface area contributed by atoms with Crippen molar-refractivity contribution in [3.05, 3.63) is 24.5 Å². The number of carboxylic acid groups (broad SMARTS) is 1. The first-order chi connectivity index (χ1) is 10.2. The number of anilines is 1. The molecule has 3 rings (SSSR count). The Kier molecular flexibility index (Phi) is 3.68. The van der Waals surface area contributed by atoms with E-state index in [9.17, 15) is 9.90 Å². The molecule has 0 atom stereocenters. The molecule has 0 aliphatic heterocycles. The third-order valence-corrected chi connectivity index (χ3v) is 4.03. The first-order valence-corrected chi connectivity index (χ1v) is 7.25. The Balaban J connectivity index is 1.88. The molecule has 0 saturated heterocycles. The molecule has 1 saturated carbocycles. The molecule has 2 aromatic rings. The van der Waals surface area contributed by atoms with E-state index in [0.717, 1.165) is 31.2 Å². The van der Waals surface area contributed by atoms with E-state index in [1.165, 1.54) is 6.42 Å². The lowest BCUT2D eigenvalue weighted by atomic mass is 9.79. The number of hydrogen-bond donors (Lipinski definition) is 2. The summed E-state index contributed by atoms with van der Waals surface area (Å²) in [4.78, 5) is 24.0. The highest BCUT2D eigenvalue weighted by atomic mass is 16.4. The summed E-state index contributed by atoms with van der Waals surface area (Å²) in [5.74, 6) is -0.101. The standard InChI is InChI=1S/C15H18N4O2/c20-13(21)10-15(6-2-1-3-7-15)19-12-5-4-11-14(18-12)17-9-8-16-11/h4-5,8-9H,1-3,6-7,10H2,(H,20,21)(H,17,18,19). The molecule has 110 valence electrons. The Hall–Kier alpha value is -2.24. The van der Waals surface area contributed by atoms with Crippen LogP contribution in [-0.2, 0) is 4.79 Å². The van der Waals surface area contributed by atoms with Gasteiger partial charge in [0.05, 0.1) is 6.42 Å². The zero-order valence-electron chi connectivity index (χ0n) is 11.7. The van der Waals surface area contributed by atoms with Gasteiger partial charge < -0.3 is 10.4 Å². The molecule has 1 aliphatic rings. The predicted octanol–water partition coefficient (Wildman–Crippen LogP) is 2.61. The number of aliphatic carboxylic acids is 1. The zero-order valence-corrected chi connectivity index (χ0v) is 11.7. The first-order valence-electron chi connectivity index (χ1n) is 7.25. The summed E-state index contributed by atoms with van der Waals surface area (Å²) in [6, 6.07) is 3.70. The third kappa shape index (κ3) is 3.09. The molecule has 2 N–H and O–H groups in total. The maximum absolute atomic E-state index is 11.2. The number of pyridine rings is 1. The molecule has 0 bridgehead atoms. The van der Waals surface area contributed by atoms with Crippen molar-refractivity contribution in [2.75, 3.05) is 5.32 Å². The van der Waals surface area contributed by atoms with Crippen molar-refractivity contribution in [2.24, 2.45) is 0 Å². The SMILES string of the molecule is O=C(O)CC1(Nc2ccc3nccnc3n2)CCCCC1. The van der Waals surface area contributed by atoms with Crippen molar-refractivity contribution in [2.45, 2.75) is 44.1 Å². The van der Waals surface area contributed by atoms with Gasteiger partial charge in [0.2, 0.25) is 0 Å². The lowest BCUT2D eigenvalue weighted by Gasteiger charge is -2.37. The van der Waals surface area contributed by atoms with E-state index in [-0.39, 0.29) is 6.42 Å². The van der Waals surface area contributed by atoms with Crippen LogP contribution < -0.4 is 5.32 Å². The van der Waals surface area contributed by atoms with Crippen LogP contribution >= 0.6 is 0 Å². The number of carboxylic acids is 1. The van der Waals surface area contributed by atoms with Crippen LogP contribution in [0.1, 0.15) is 38.5 Å². The smallest absolute Gasteiger partial charge is 0.305 e. The number of hydrogen-bond acceptors (Lipinski definition) is 5. The van der Waals surface area contributed by atoms with E-state index < -0.39 is 11.5 Å². The summed E-state index contributed by atoms with van der Waals surface area (Å²) < 4.78 is 0. The van der Waals surface area contributed by atoms with E-state index in [1.54, 1.807) is 12.4 Å². The second kappa shape index (κ2) is 5.63. The number of nitrogens with one attached hydrogen (secondary N) is 1. The highest BCUT2D eigenvalue weighted by molar-refractivity contribution is 5.72. The van der Waals surface area contributed by atoms with E-state index >= 15 is 0 Å². The second-order valence-corrected chi connectivity index (χ2v) is 5.63. The topological polar surface area (TPSA) is 88.0 Å². The normalized spacial score (nSPS) is 17.5. The summed E-state index contributed by atoms with van der Waals surface area (Å²) in [6.07, 6.45) is 8.34. The highest BCUT2D eigenvalue weighted by Gasteiger charge is 2.34. The second-order valence-electron chi connectivity index (χ2n) is 5.63. The van der Waals surface area contributed by atoms with Crippen LogP contribution in [0.5, 0.6) is 0 Å². The van der Waals surface area contributed by atoms with Gasteiger partial charge in [-0.25, -0.2) is 9.97 Å². The van der Waals surface area contributed by atoms with Gasteiger partial charge in [-0.3, -0.25) is 9.78 Å². The molecule has 0 unspecified atom stereocenters. The van der Waals surface area contributed by atoms with Crippen molar-refractivity contribution >= 4 is 23.0 Å². The Morgan fingerprint density at radius 1 is 1.19 bits per heavy atom. The van der Waals surface area contributed by atoms with Gasteiger partial charge in [0.15, 0.2) is 5.65 Å². The van der Waals surface area contributed by atoms with Gasteiger partial charge in [0.25, 0.3) is 0 Å². The fourth-order valence-corrected chi connectivity index (χ4v) is 3.06. The van der Waals surface area contributed by atoms with Crippen LogP contribution in [0.3, 0.4) is 0 Å². The molecule has 21 heavy (non-hydrogen) atoms. The van der Waals surface area contributed by atoms with Crippen LogP contribution in [0, 0.1) is 0 Å². The molecule has 0 spiro atoms. The number of carbonyl (C=O) groups is 1. The number of nitrogens with zero attached hydrogens (tertiary/aromatic N) is 3. The quantitative estimate of drug-likeness (QED) is 0.898. The minimum absolute atomic E-state index is 0.118. The Labute approximate surface area is 122 Å². The molecule has 6 heteroatoms. The van der Waals surface area contributed by atoms with E-state index in [1.807, 2.05) is 12.1 Å². The van der Waals surface area contributed by atoms with Crippen LogP contribution in [0.15, 0.2) is 24.5 Å². The lowest BCUT2D eigenvalue weighted by Crippen LogP contribution is -2.42. The highest BCUT2D eigenvalue weighted by Crippen LogP contribution is 2.34. The first kappa shape index (κ1) is 13.7. The number of rotatable bonds is 4. The fourth-order valence-electron chi connectivity index (χ4n) is 3.06. The Morgan fingerprint density at radius 2 is 1.95 bits per heavy atom. The monoisotopic (exact) mass is 286 g/mol. The van der Waals surface area contributed by atoms with Gasteiger partial charge in [-0.05, 0) is 25.0 Å². The van der Waals surface area contributed by atoms with Gasteiger partial charge >= 0.3 is 5.97 Å². The van der Waals surface area contributed by atoms with Gasteiger partial charge in [0, 0.05) is 17.9 Å². The molecule has 0 radical (unpaired) electrons. The number of aromatic nitrogens is 3. The van der Waals surface area contributed by atoms with Gasteiger partial charge in [-0.1, -0.05) is 19.3 Å². The summed E-state index contributed by atoms with van der Waals surface area (Å²) in [7, 11) is 0. The van der Waals surface area contributed by atoms with E-state index in [2.05, 4.69) is 20.3 Å². The zero-order chi connectivity index (χ0) is 14.7. The van der Waals surface area contributed by atoms with E-state index in [4.69, 9.17) is 0 Å². The minimum Gasteiger partial charge on any atom is -0.481 e. The van der Waals surface area contributed by atoms with Crippen molar-refractivity contribution in [1.82, 2.24) is 15.0 Å². The van der Waals surface area contributed by atoms with E-state index in [0.29, 0.717) is 11.5 Å².